The zero-order valence-electron chi connectivity index (χ0n) is 11.4. The minimum absolute atomic E-state index is 0.0257. The predicted octanol–water partition coefficient (Wildman–Crippen LogP) is 2.23. The molecule has 1 rings (SSSR count). The summed E-state index contributed by atoms with van der Waals surface area (Å²) in [5.41, 5.74) is 1.74. The van der Waals surface area contributed by atoms with Crippen LogP contribution in [0.2, 0.25) is 0 Å². The minimum Gasteiger partial charge on any atom is -0.385 e. The van der Waals surface area contributed by atoms with Crippen molar-refractivity contribution in [2.45, 2.75) is 13.8 Å². The summed E-state index contributed by atoms with van der Waals surface area (Å²) in [5.74, 6) is 0.0257. The Labute approximate surface area is 109 Å². The van der Waals surface area contributed by atoms with E-state index in [9.17, 15) is 4.79 Å². The summed E-state index contributed by atoms with van der Waals surface area (Å²) in [7, 11) is 1.79. The second-order valence-electron chi connectivity index (χ2n) is 4.03. The van der Waals surface area contributed by atoms with Crippen LogP contribution in [-0.2, 0) is 4.74 Å². The Bertz CT molecular complexity index is 363. The molecule has 4 heteroatoms. The van der Waals surface area contributed by atoms with Crippen LogP contribution in [0, 0.1) is 0 Å². The molecule has 0 saturated carbocycles. The molecule has 0 fully saturated rings. The van der Waals surface area contributed by atoms with Crippen LogP contribution in [0.25, 0.3) is 0 Å². The number of hydrogen-bond donors (Lipinski definition) is 1. The van der Waals surface area contributed by atoms with E-state index in [4.69, 9.17) is 4.74 Å². The van der Waals surface area contributed by atoms with Crippen LogP contribution in [0.15, 0.2) is 24.3 Å². The maximum atomic E-state index is 12.1. The summed E-state index contributed by atoms with van der Waals surface area (Å²) in [6.07, 6.45) is 0. The van der Waals surface area contributed by atoms with Crippen molar-refractivity contribution >= 4 is 11.6 Å². The number of nitrogens with one attached hydrogen (secondary N) is 1. The lowest BCUT2D eigenvalue weighted by molar-refractivity contribution is 0.0710. The van der Waals surface area contributed by atoms with Crippen molar-refractivity contribution < 1.29 is 9.53 Å². The average Bonchev–Trinajstić information content (AvgIpc) is 2.39. The Morgan fingerprint density at radius 1 is 1.28 bits per heavy atom. The molecule has 0 radical (unpaired) electrons. The van der Waals surface area contributed by atoms with Gasteiger partial charge in [-0.1, -0.05) is 0 Å². The van der Waals surface area contributed by atoms with E-state index < -0.39 is 0 Å². The molecule has 0 bridgehead atoms. The molecule has 100 valence electrons. The Hall–Kier alpha value is -1.55. The molecule has 0 spiro atoms. The van der Waals surface area contributed by atoms with Crippen LogP contribution >= 0.6 is 0 Å². The molecule has 1 aromatic carbocycles. The van der Waals surface area contributed by atoms with E-state index in [1.807, 2.05) is 38.1 Å². The zero-order valence-corrected chi connectivity index (χ0v) is 11.4. The first-order valence-corrected chi connectivity index (χ1v) is 6.36. The molecular formula is C14H22N2O2. The Morgan fingerprint density at radius 2 is 1.94 bits per heavy atom. The number of rotatable bonds is 7. The van der Waals surface area contributed by atoms with Gasteiger partial charge in [0.1, 0.15) is 0 Å². The highest BCUT2D eigenvalue weighted by atomic mass is 16.5. The fourth-order valence-corrected chi connectivity index (χ4v) is 1.60. The third kappa shape index (κ3) is 4.37. The standard InChI is InChI=1S/C14H22N2O2/c1-4-15-13-8-6-12(7-9-13)14(17)16(3)10-11-18-5-2/h6-9,15H,4-5,10-11H2,1-3H3. The fraction of sp³-hybridized carbons (Fsp3) is 0.500. The topological polar surface area (TPSA) is 41.6 Å². The number of carbonyl (C=O) groups is 1. The van der Waals surface area contributed by atoms with Crippen LogP contribution in [0.3, 0.4) is 0 Å². The number of nitrogens with zero attached hydrogens (tertiary/aromatic N) is 1. The fourth-order valence-electron chi connectivity index (χ4n) is 1.60. The normalized spacial score (nSPS) is 10.2. The highest BCUT2D eigenvalue weighted by molar-refractivity contribution is 5.94. The molecule has 1 aromatic rings. The van der Waals surface area contributed by atoms with Crippen LogP contribution < -0.4 is 5.32 Å². The molecule has 4 nitrogen and oxygen atoms in total. The summed E-state index contributed by atoms with van der Waals surface area (Å²) in [5, 5.41) is 3.20. The number of ether oxygens (including phenoxy) is 1. The van der Waals surface area contributed by atoms with Gasteiger partial charge in [-0.3, -0.25) is 4.79 Å². The predicted molar refractivity (Wildman–Crippen MR) is 74.1 cm³/mol. The lowest BCUT2D eigenvalue weighted by Crippen LogP contribution is -2.30. The van der Waals surface area contributed by atoms with Gasteiger partial charge in [0.25, 0.3) is 5.91 Å². The number of benzene rings is 1. The second kappa shape index (κ2) is 7.71. The van der Waals surface area contributed by atoms with Crippen LogP contribution in [-0.4, -0.2) is 44.2 Å². The maximum Gasteiger partial charge on any atom is 0.253 e. The van der Waals surface area contributed by atoms with Gasteiger partial charge in [0.15, 0.2) is 0 Å². The van der Waals surface area contributed by atoms with E-state index in [0.29, 0.717) is 25.3 Å². The quantitative estimate of drug-likeness (QED) is 0.754. The summed E-state index contributed by atoms with van der Waals surface area (Å²) in [6, 6.07) is 7.54. The number of hydrogen-bond acceptors (Lipinski definition) is 3. The lowest BCUT2D eigenvalue weighted by Gasteiger charge is -2.17. The van der Waals surface area contributed by atoms with Crippen molar-refractivity contribution in [3.8, 4) is 0 Å². The molecule has 0 aliphatic carbocycles. The Balaban J connectivity index is 2.54. The molecule has 0 atom stereocenters. The molecule has 0 aliphatic heterocycles. The second-order valence-corrected chi connectivity index (χ2v) is 4.03. The first-order valence-electron chi connectivity index (χ1n) is 6.36. The van der Waals surface area contributed by atoms with E-state index in [-0.39, 0.29) is 5.91 Å². The van der Waals surface area contributed by atoms with E-state index in [0.717, 1.165) is 12.2 Å². The van der Waals surface area contributed by atoms with Crippen LogP contribution in [0.4, 0.5) is 5.69 Å². The number of amides is 1. The van der Waals surface area contributed by atoms with Gasteiger partial charge >= 0.3 is 0 Å². The van der Waals surface area contributed by atoms with Crippen molar-refractivity contribution in [2.24, 2.45) is 0 Å². The highest BCUT2D eigenvalue weighted by Crippen LogP contribution is 2.10. The summed E-state index contributed by atoms with van der Waals surface area (Å²) < 4.78 is 5.24. The van der Waals surface area contributed by atoms with E-state index >= 15 is 0 Å². The summed E-state index contributed by atoms with van der Waals surface area (Å²) in [4.78, 5) is 13.7. The average molecular weight is 250 g/mol. The van der Waals surface area contributed by atoms with Gasteiger partial charge in [0, 0.05) is 38.0 Å². The maximum absolute atomic E-state index is 12.1. The van der Waals surface area contributed by atoms with Gasteiger partial charge in [-0.2, -0.15) is 0 Å². The highest BCUT2D eigenvalue weighted by Gasteiger charge is 2.10. The van der Waals surface area contributed by atoms with Gasteiger partial charge in [-0.05, 0) is 38.1 Å². The third-order valence-electron chi connectivity index (χ3n) is 2.63. The first kappa shape index (κ1) is 14.5. The third-order valence-corrected chi connectivity index (χ3v) is 2.63. The van der Waals surface area contributed by atoms with Gasteiger partial charge in [-0.25, -0.2) is 0 Å². The van der Waals surface area contributed by atoms with Crippen molar-refractivity contribution in [3.05, 3.63) is 29.8 Å². The molecule has 18 heavy (non-hydrogen) atoms. The monoisotopic (exact) mass is 250 g/mol. The van der Waals surface area contributed by atoms with Gasteiger partial charge < -0.3 is 15.0 Å². The van der Waals surface area contributed by atoms with Gasteiger partial charge in [0.05, 0.1) is 6.61 Å². The number of likely N-dealkylation sites (N-methyl/N-ethyl adjacent to an activating group) is 1. The number of anilines is 1. The lowest BCUT2D eigenvalue weighted by atomic mass is 10.2. The van der Waals surface area contributed by atoms with E-state index in [2.05, 4.69) is 5.32 Å². The molecule has 0 heterocycles. The van der Waals surface area contributed by atoms with Crippen molar-refractivity contribution in [3.63, 3.8) is 0 Å². The Kier molecular flexibility index (Phi) is 6.22. The van der Waals surface area contributed by atoms with Crippen LogP contribution in [0.1, 0.15) is 24.2 Å². The largest absolute Gasteiger partial charge is 0.385 e. The molecule has 1 amide bonds. The molecule has 0 unspecified atom stereocenters. The van der Waals surface area contributed by atoms with Crippen molar-refractivity contribution in [2.75, 3.05) is 38.7 Å². The minimum atomic E-state index is 0.0257. The van der Waals surface area contributed by atoms with Crippen molar-refractivity contribution in [1.82, 2.24) is 4.90 Å². The Morgan fingerprint density at radius 3 is 2.50 bits per heavy atom. The smallest absolute Gasteiger partial charge is 0.253 e. The van der Waals surface area contributed by atoms with Gasteiger partial charge in [-0.15, -0.1) is 0 Å². The molecule has 0 aromatic heterocycles. The van der Waals surface area contributed by atoms with Crippen molar-refractivity contribution in [1.29, 1.82) is 0 Å². The zero-order chi connectivity index (χ0) is 13.4. The van der Waals surface area contributed by atoms with Crippen LogP contribution in [0.5, 0.6) is 0 Å². The summed E-state index contributed by atoms with van der Waals surface area (Å²) in [6.45, 7) is 6.73. The van der Waals surface area contributed by atoms with E-state index in [1.54, 1.807) is 11.9 Å². The summed E-state index contributed by atoms with van der Waals surface area (Å²) >= 11 is 0. The molecular weight excluding hydrogens is 228 g/mol. The number of carbonyl (C=O) groups excluding carboxylic acids is 1. The first-order chi connectivity index (χ1) is 8.69. The molecule has 0 aliphatic rings. The molecule has 0 saturated heterocycles. The molecule has 1 N–H and O–H groups in total. The van der Waals surface area contributed by atoms with E-state index in [1.165, 1.54) is 0 Å². The SMILES string of the molecule is CCNc1ccc(C(=O)N(C)CCOCC)cc1. The van der Waals surface area contributed by atoms with Gasteiger partial charge in [0.2, 0.25) is 0 Å².